The summed E-state index contributed by atoms with van der Waals surface area (Å²) in [6.45, 7) is 4.09. The lowest BCUT2D eigenvalue weighted by Crippen LogP contribution is -2.30. The van der Waals surface area contributed by atoms with Crippen LogP contribution in [0.15, 0.2) is 40.9 Å². The average molecular weight is 347 g/mol. The van der Waals surface area contributed by atoms with Crippen LogP contribution in [0, 0.1) is 6.92 Å². The zero-order valence-corrected chi connectivity index (χ0v) is 14.6. The van der Waals surface area contributed by atoms with E-state index in [0.29, 0.717) is 18.1 Å². The van der Waals surface area contributed by atoms with Gasteiger partial charge >= 0.3 is 0 Å². The maximum Gasteiger partial charge on any atom is 0.238 e. The summed E-state index contributed by atoms with van der Waals surface area (Å²) in [7, 11) is 0. The Bertz CT molecular complexity index is 673. The third-order valence-electron chi connectivity index (χ3n) is 3.29. The van der Waals surface area contributed by atoms with Gasteiger partial charge in [0.15, 0.2) is 5.82 Å². The summed E-state index contributed by atoms with van der Waals surface area (Å²) < 4.78 is 4.89. The van der Waals surface area contributed by atoms with E-state index in [9.17, 15) is 9.59 Å². The molecular weight excluding hydrogens is 326 g/mol. The van der Waals surface area contributed by atoms with Gasteiger partial charge in [-0.05, 0) is 25.8 Å². The quantitative estimate of drug-likeness (QED) is 0.766. The van der Waals surface area contributed by atoms with Crippen molar-refractivity contribution in [1.29, 1.82) is 0 Å². The molecule has 1 unspecified atom stereocenters. The van der Waals surface area contributed by atoms with Crippen molar-refractivity contribution >= 4 is 29.4 Å². The Hall–Kier alpha value is -2.28. The highest BCUT2D eigenvalue weighted by Crippen LogP contribution is 2.14. The number of anilines is 1. The van der Waals surface area contributed by atoms with Crippen LogP contribution in [0.25, 0.3) is 0 Å². The standard InChI is InChI=1S/C17H21N3O3S/c1-12-10-15(20-23-12)19-17(22)13(2)24-11-16(21)18-9-8-14-6-4-3-5-7-14/h3-7,10,13H,8-9,11H2,1-2H3,(H,18,21)(H,19,20,22). The van der Waals surface area contributed by atoms with E-state index in [1.807, 2.05) is 30.3 Å². The molecule has 1 aromatic carbocycles. The molecule has 0 spiro atoms. The number of thioether (sulfide) groups is 1. The van der Waals surface area contributed by atoms with Crippen LogP contribution in [-0.4, -0.2) is 34.5 Å². The molecule has 1 aromatic heterocycles. The Morgan fingerprint density at radius 1 is 1.29 bits per heavy atom. The number of nitrogens with one attached hydrogen (secondary N) is 2. The fourth-order valence-electron chi connectivity index (χ4n) is 1.97. The number of aromatic nitrogens is 1. The second-order valence-electron chi connectivity index (χ2n) is 5.35. The van der Waals surface area contributed by atoms with Crippen molar-refractivity contribution in [3.63, 3.8) is 0 Å². The van der Waals surface area contributed by atoms with Crippen molar-refractivity contribution in [3.8, 4) is 0 Å². The molecule has 1 heterocycles. The van der Waals surface area contributed by atoms with Crippen molar-refractivity contribution in [2.24, 2.45) is 0 Å². The van der Waals surface area contributed by atoms with Gasteiger partial charge in [-0.3, -0.25) is 9.59 Å². The first-order valence-corrected chi connectivity index (χ1v) is 8.76. The van der Waals surface area contributed by atoms with E-state index in [2.05, 4.69) is 15.8 Å². The van der Waals surface area contributed by atoms with Gasteiger partial charge in [-0.25, -0.2) is 0 Å². The minimum absolute atomic E-state index is 0.0761. The number of carbonyl (C=O) groups is 2. The lowest BCUT2D eigenvalue weighted by Gasteiger charge is -2.10. The summed E-state index contributed by atoms with van der Waals surface area (Å²) in [4.78, 5) is 23.8. The summed E-state index contributed by atoms with van der Waals surface area (Å²) in [5.41, 5.74) is 1.18. The Labute approximate surface area is 145 Å². The van der Waals surface area contributed by atoms with Crippen LogP contribution in [0.5, 0.6) is 0 Å². The molecule has 0 aliphatic rings. The summed E-state index contributed by atoms with van der Waals surface area (Å²) >= 11 is 1.28. The van der Waals surface area contributed by atoms with Gasteiger partial charge in [-0.2, -0.15) is 0 Å². The van der Waals surface area contributed by atoms with Crippen LogP contribution in [0.3, 0.4) is 0 Å². The molecular formula is C17H21N3O3S. The summed E-state index contributed by atoms with van der Waals surface area (Å²) in [5, 5.41) is 8.86. The molecule has 2 N–H and O–H groups in total. The molecule has 2 aromatic rings. The first-order valence-electron chi connectivity index (χ1n) is 7.71. The van der Waals surface area contributed by atoms with Crippen LogP contribution < -0.4 is 10.6 Å². The molecule has 0 fully saturated rings. The van der Waals surface area contributed by atoms with Gasteiger partial charge in [0.2, 0.25) is 11.8 Å². The maximum atomic E-state index is 12.0. The fourth-order valence-corrected chi connectivity index (χ4v) is 2.69. The summed E-state index contributed by atoms with van der Waals surface area (Å²) in [6.07, 6.45) is 0.790. The monoisotopic (exact) mass is 347 g/mol. The van der Waals surface area contributed by atoms with E-state index < -0.39 is 0 Å². The molecule has 2 amide bonds. The molecule has 7 heteroatoms. The Morgan fingerprint density at radius 2 is 2.04 bits per heavy atom. The van der Waals surface area contributed by atoms with E-state index in [0.717, 1.165) is 6.42 Å². The smallest absolute Gasteiger partial charge is 0.238 e. The molecule has 0 saturated carbocycles. The number of benzene rings is 1. The molecule has 0 aliphatic heterocycles. The van der Waals surface area contributed by atoms with Gasteiger partial charge in [0.1, 0.15) is 5.76 Å². The van der Waals surface area contributed by atoms with Gasteiger partial charge in [0.25, 0.3) is 0 Å². The number of amides is 2. The SMILES string of the molecule is Cc1cc(NC(=O)C(C)SCC(=O)NCCc2ccccc2)no1. The van der Waals surface area contributed by atoms with E-state index in [1.54, 1.807) is 19.9 Å². The molecule has 1 atom stereocenters. The predicted octanol–water partition coefficient (Wildman–Crippen LogP) is 2.40. The Kier molecular flexibility index (Phi) is 6.87. The van der Waals surface area contributed by atoms with E-state index in [1.165, 1.54) is 17.3 Å². The number of aryl methyl sites for hydroxylation is 1. The van der Waals surface area contributed by atoms with Gasteiger partial charge in [0, 0.05) is 12.6 Å². The summed E-state index contributed by atoms with van der Waals surface area (Å²) in [5.74, 6) is 0.972. The lowest BCUT2D eigenvalue weighted by atomic mass is 10.1. The summed E-state index contributed by atoms with van der Waals surface area (Å²) in [6, 6.07) is 11.6. The minimum atomic E-state index is -0.359. The first kappa shape index (κ1) is 18.1. The zero-order chi connectivity index (χ0) is 17.4. The highest BCUT2D eigenvalue weighted by atomic mass is 32.2. The number of hydrogen-bond acceptors (Lipinski definition) is 5. The molecule has 2 rings (SSSR count). The van der Waals surface area contributed by atoms with Crippen LogP contribution in [0.2, 0.25) is 0 Å². The average Bonchev–Trinajstić information content (AvgIpc) is 2.98. The predicted molar refractivity (Wildman–Crippen MR) is 94.9 cm³/mol. The topological polar surface area (TPSA) is 84.2 Å². The largest absolute Gasteiger partial charge is 0.360 e. The van der Waals surface area contributed by atoms with Crippen LogP contribution in [-0.2, 0) is 16.0 Å². The fraction of sp³-hybridized carbons (Fsp3) is 0.353. The molecule has 6 nitrogen and oxygen atoms in total. The van der Waals surface area contributed by atoms with Crippen molar-refractivity contribution in [2.45, 2.75) is 25.5 Å². The second kappa shape index (κ2) is 9.12. The number of nitrogens with zero attached hydrogens (tertiary/aromatic N) is 1. The molecule has 0 bridgehead atoms. The molecule has 0 radical (unpaired) electrons. The van der Waals surface area contributed by atoms with Gasteiger partial charge in [0.05, 0.1) is 11.0 Å². The van der Waals surface area contributed by atoms with E-state index in [4.69, 9.17) is 4.52 Å². The Balaban J connectivity index is 1.64. The van der Waals surface area contributed by atoms with Crippen molar-refractivity contribution in [3.05, 3.63) is 47.7 Å². The number of hydrogen-bond donors (Lipinski definition) is 2. The van der Waals surface area contributed by atoms with Crippen LogP contribution in [0.1, 0.15) is 18.2 Å². The van der Waals surface area contributed by atoms with Crippen molar-refractivity contribution < 1.29 is 14.1 Å². The molecule has 24 heavy (non-hydrogen) atoms. The first-order chi connectivity index (χ1) is 11.5. The molecule has 0 saturated heterocycles. The third-order valence-corrected chi connectivity index (χ3v) is 4.43. The van der Waals surface area contributed by atoms with Crippen molar-refractivity contribution in [2.75, 3.05) is 17.6 Å². The zero-order valence-electron chi connectivity index (χ0n) is 13.7. The number of carbonyl (C=O) groups excluding carboxylic acids is 2. The molecule has 128 valence electrons. The Morgan fingerprint density at radius 3 is 2.71 bits per heavy atom. The van der Waals surface area contributed by atoms with Crippen LogP contribution in [0.4, 0.5) is 5.82 Å². The second-order valence-corrected chi connectivity index (χ2v) is 6.68. The van der Waals surface area contributed by atoms with Gasteiger partial charge in [-0.1, -0.05) is 35.5 Å². The molecule has 0 aliphatic carbocycles. The maximum absolute atomic E-state index is 12.0. The third kappa shape index (κ3) is 6.08. The minimum Gasteiger partial charge on any atom is -0.360 e. The normalized spacial score (nSPS) is 11.8. The van der Waals surface area contributed by atoms with Crippen LogP contribution >= 0.6 is 11.8 Å². The van der Waals surface area contributed by atoms with Gasteiger partial charge in [-0.15, -0.1) is 11.8 Å². The highest BCUT2D eigenvalue weighted by molar-refractivity contribution is 8.01. The van der Waals surface area contributed by atoms with E-state index >= 15 is 0 Å². The van der Waals surface area contributed by atoms with Gasteiger partial charge < -0.3 is 15.2 Å². The highest BCUT2D eigenvalue weighted by Gasteiger charge is 2.16. The van der Waals surface area contributed by atoms with E-state index in [-0.39, 0.29) is 22.8 Å². The lowest BCUT2D eigenvalue weighted by molar-refractivity contribution is -0.118. The van der Waals surface area contributed by atoms with Crippen molar-refractivity contribution in [1.82, 2.24) is 10.5 Å². The number of rotatable bonds is 8.